The van der Waals surface area contributed by atoms with Crippen molar-refractivity contribution in [2.45, 2.75) is 38.1 Å². The molecule has 2 fully saturated rings. The van der Waals surface area contributed by atoms with Crippen molar-refractivity contribution < 1.29 is 9.18 Å². The zero-order valence-corrected chi connectivity index (χ0v) is 16.1. The first-order valence-electron chi connectivity index (χ1n) is 9.91. The lowest BCUT2D eigenvalue weighted by Gasteiger charge is -2.36. The van der Waals surface area contributed by atoms with Gasteiger partial charge in [0, 0.05) is 57.9 Å². The van der Waals surface area contributed by atoms with Crippen molar-refractivity contribution in [1.29, 1.82) is 0 Å². The van der Waals surface area contributed by atoms with Crippen LogP contribution in [0.15, 0.2) is 29.3 Å². The Hall–Kier alpha value is -2.31. The Labute approximate surface area is 160 Å². The molecule has 3 rings (SSSR count). The minimum Gasteiger partial charge on any atom is -0.368 e. The minimum absolute atomic E-state index is 0.164. The molecule has 0 atom stereocenters. The molecule has 7 heteroatoms. The zero-order chi connectivity index (χ0) is 19.1. The van der Waals surface area contributed by atoms with Crippen LogP contribution in [0, 0.1) is 5.82 Å². The van der Waals surface area contributed by atoms with Gasteiger partial charge in [-0.05, 0) is 37.1 Å². The van der Waals surface area contributed by atoms with Crippen LogP contribution in [0.2, 0.25) is 0 Å². The molecular formula is C20H30FN5O. The molecule has 1 aliphatic heterocycles. The third kappa shape index (κ3) is 5.58. The molecular weight excluding hydrogens is 345 g/mol. The first-order chi connectivity index (χ1) is 13.2. The molecule has 1 saturated heterocycles. The maximum absolute atomic E-state index is 13.0. The minimum atomic E-state index is -0.225. The molecule has 0 unspecified atom stereocenters. The molecule has 6 nitrogen and oxygen atoms in total. The van der Waals surface area contributed by atoms with Gasteiger partial charge in [0.15, 0.2) is 5.96 Å². The molecule has 1 heterocycles. The summed E-state index contributed by atoms with van der Waals surface area (Å²) in [6, 6.07) is 7.04. The predicted molar refractivity (Wildman–Crippen MR) is 107 cm³/mol. The van der Waals surface area contributed by atoms with E-state index in [1.807, 2.05) is 4.90 Å². The van der Waals surface area contributed by atoms with Crippen molar-refractivity contribution >= 4 is 17.6 Å². The van der Waals surface area contributed by atoms with Gasteiger partial charge in [-0.25, -0.2) is 4.39 Å². The fourth-order valence-corrected chi connectivity index (χ4v) is 3.77. The van der Waals surface area contributed by atoms with Crippen LogP contribution >= 0.6 is 0 Å². The number of carbonyl (C=O) groups excluding carboxylic acids is 1. The topological polar surface area (TPSA) is 60.0 Å². The number of hydrogen-bond acceptors (Lipinski definition) is 3. The summed E-state index contributed by atoms with van der Waals surface area (Å²) in [6.07, 6.45) is 5.39. The van der Waals surface area contributed by atoms with Gasteiger partial charge in [-0.3, -0.25) is 9.79 Å². The normalized spacial score (nSPS) is 18.7. The second kappa shape index (κ2) is 9.58. The van der Waals surface area contributed by atoms with Crippen molar-refractivity contribution in [2.24, 2.45) is 4.99 Å². The van der Waals surface area contributed by atoms with Crippen LogP contribution in [-0.4, -0.2) is 62.6 Å². The molecule has 0 bridgehead atoms. The molecule has 1 aliphatic carbocycles. The molecule has 2 aliphatic rings. The number of carbonyl (C=O) groups is 1. The van der Waals surface area contributed by atoms with Crippen molar-refractivity contribution in [3.63, 3.8) is 0 Å². The lowest BCUT2D eigenvalue weighted by molar-refractivity contribution is -0.131. The van der Waals surface area contributed by atoms with Crippen molar-refractivity contribution in [3.8, 4) is 0 Å². The summed E-state index contributed by atoms with van der Waals surface area (Å²) in [5.41, 5.74) is 1.01. The summed E-state index contributed by atoms with van der Waals surface area (Å²) in [5.74, 6) is 0.728. The van der Waals surface area contributed by atoms with E-state index in [2.05, 4.69) is 20.5 Å². The van der Waals surface area contributed by atoms with E-state index in [0.29, 0.717) is 32.1 Å². The maximum Gasteiger partial charge on any atom is 0.224 e. The van der Waals surface area contributed by atoms with Crippen LogP contribution in [0.1, 0.15) is 32.1 Å². The third-order valence-corrected chi connectivity index (χ3v) is 5.38. The highest BCUT2D eigenvalue weighted by Gasteiger charge is 2.21. The number of rotatable bonds is 5. The van der Waals surface area contributed by atoms with E-state index in [1.54, 1.807) is 19.2 Å². The van der Waals surface area contributed by atoms with E-state index in [1.165, 1.54) is 37.8 Å². The largest absolute Gasteiger partial charge is 0.368 e. The van der Waals surface area contributed by atoms with Gasteiger partial charge in [0.25, 0.3) is 0 Å². The summed E-state index contributed by atoms with van der Waals surface area (Å²) in [6.45, 7) is 3.53. The Morgan fingerprint density at radius 1 is 1.15 bits per heavy atom. The lowest BCUT2D eigenvalue weighted by Crippen LogP contribution is -2.49. The smallest absolute Gasteiger partial charge is 0.224 e. The number of nitrogens with zero attached hydrogens (tertiary/aromatic N) is 3. The summed E-state index contributed by atoms with van der Waals surface area (Å²) < 4.78 is 13.0. The van der Waals surface area contributed by atoms with E-state index >= 15 is 0 Å². The average molecular weight is 375 g/mol. The number of nitrogens with one attached hydrogen (secondary N) is 2. The average Bonchev–Trinajstić information content (AvgIpc) is 3.21. The van der Waals surface area contributed by atoms with Gasteiger partial charge in [-0.2, -0.15) is 0 Å². The number of benzene rings is 1. The molecule has 1 aromatic carbocycles. The highest BCUT2D eigenvalue weighted by molar-refractivity contribution is 5.81. The van der Waals surface area contributed by atoms with Crippen LogP contribution in [0.5, 0.6) is 0 Å². The van der Waals surface area contributed by atoms with E-state index < -0.39 is 0 Å². The van der Waals surface area contributed by atoms with E-state index in [9.17, 15) is 9.18 Å². The summed E-state index contributed by atoms with van der Waals surface area (Å²) >= 11 is 0. The monoisotopic (exact) mass is 375 g/mol. The predicted octanol–water partition coefficient (Wildman–Crippen LogP) is 1.97. The molecule has 27 heavy (non-hydrogen) atoms. The molecule has 1 saturated carbocycles. The van der Waals surface area contributed by atoms with Gasteiger partial charge in [-0.15, -0.1) is 0 Å². The Morgan fingerprint density at radius 3 is 2.44 bits per heavy atom. The highest BCUT2D eigenvalue weighted by Crippen LogP contribution is 2.18. The number of hydrogen-bond donors (Lipinski definition) is 2. The number of anilines is 1. The van der Waals surface area contributed by atoms with Crippen LogP contribution in [0.25, 0.3) is 0 Å². The van der Waals surface area contributed by atoms with Crippen LogP contribution in [0.3, 0.4) is 0 Å². The van der Waals surface area contributed by atoms with Gasteiger partial charge >= 0.3 is 0 Å². The first-order valence-corrected chi connectivity index (χ1v) is 9.91. The molecule has 1 amide bonds. The fourth-order valence-electron chi connectivity index (χ4n) is 3.77. The highest BCUT2D eigenvalue weighted by atomic mass is 19.1. The fraction of sp³-hybridized carbons (Fsp3) is 0.600. The quantitative estimate of drug-likeness (QED) is 0.610. The van der Waals surface area contributed by atoms with E-state index in [-0.39, 0.29) is 11.7 Å². The molecule has 0 spiro atoms. The Kier molecular flexibility index (Phi) is 6.90. The second-order valence-corrected chi connectivity index (χ2v) is 7.22. The van der Waals surface area contributed by atoms with E-state index in [4.69, 9.17) is 0 Å². The molecule has 148 valence electrons. The van der Waals surface area contributed by atoms with Crippen LogP contribution in [0.4, 0.5) is 10.1 Å². The summed E-state index contributed by atoms with van der Waals surface area (Å²) in [7, 11) is 1.76. The van der Waals surface area contributed by atoms with Gasteiger partial charge in [0.1, 0.15) is 5.82 Å². The number of piperazine rings is 1. The lowest BCUT2D eigenvalue weighted by atomic mass is 10.2. The van der Waals surface area contributed by atoms with Crippen molar-refractivity contribution in [1.82, 2.24) is 15.5 Å². The Morgan fingerprint density at radius 2 is 1.81 bits per heavy atom. The molecule has 2 N–H and O–H groups in total. The van der Waals surface area contributed by atoms with Crippen LogP contribution in [-0.2, 0) is 4.79 Å². The van der Waals surface area contributed by atoms with Crippen molar-refractivity contribution in [3.05, 3.63) is 30.1 Å². The SMILES string of the molecule is CN=C(NCCC(=O)N1CCN(c2ccc(F)cc2)CC1)NC1CCCC1. The Balaban J connectivity index is 1.37. The second-order valence-electron chi connectivity index (χ2n) is 7.22. The molecule has 0 radical (unpaired) electrons. The number of aliphatic imine (C=N–C) groups is 1. The number of halogens is 1. The van der Waals surface area contributed by atoms with Crippen LogP contribution < -0.4 is 15.5 Å². The first kappa shape index (κ1) is 19.5. The zero-order valence-electron chi connectivity index (χ0n) is 16.1. The Bertz CT molecular complexity index is 634. The maximum atomic E-state index is 13.0. The van der Waals surface area contributed by atoms with Gasteiger partial charge in [0.05, 0.1) is 0 Å². The van der Waals surface area contributed by atoms with E-state index in [0.717, 1.165) is 24.7 Å². The third-order valence-electron chi connectivity index (χ3n) is 5.38. The standard InChI is InChI=1S/C20H30FN5O/c1-22-20(24-17-4-2-3-5-17)23-11-10-19(27)26-14-12-25(13-15-26)18-8-6-16(21)7-9-18/h6-9,17H,2-5,10-15H2,1H3,(H2,22,23,24). The van der Waals surface area contributed by atoms with Gasteiger partial charge < -0.3 is 20.4 Å². The summed E-state index contributed by atoms with van der Waals surface area (Å²) in [4.78, 5) is 20.8. The number of amides is 1. The van der Waals surface area contributed by atoms with Crippen molar-refractivity contribution in [2.75, 3.05) is 44.7 Å². The molecule has 0 aromatic heterocycles. The van der Waals surface area contributed by atoms with Gasteiger partial charge in [0.2, 0.25) is 5.91 Å². The summed E-state index contributed by atoms with van der Waals surface area (Å²) in [5, 5.41) is 6.68. The van der Waals surface area contributed by atoms with Gasteiger partial charge in [-0.1, -0.05) is 12.8 Å². The molecule has 1 aromatic rings. The number of guanidine groups is 1.